The average Bonchev–Trinajstić information content (AvgIpc) is 3.49. The van der Waals surface area contributed by atoms with Crippen LogP contribution in [0.3, 0.4) is 0 Å². The molecule has 1 amide bonds. The van der Waals surface area contributed by atoms with Crippen molar-refractivity contribution in [1.29, 1.82) is 0 Å². The van der Waals surface area contributed by atoms with Crippen LogP contribution < -0.4 is 5.32 Å². The van der Waals surface area contributed by atoms with Crippen LogP contribution in [0.15, 0.2) is 48.6 Å². The number of hydrogen-bond acceptors (Lipinski definition) is 5. The number of allylic oxidation sites excluding steroid dienone is 7. The molecule has 0 heterocycles. The summed E-state index contributed by atoms with van der Waals surface area (Å²) < 4.78 is 5.50. The van der Waals surface area contributed by atoms with Gasteiger partial charge in [-0.25, -0.2) is 0 Å². The minimum atomic E-state index is -0.846. The summed E-state index contributed by atoms with van der Waals surface area (Å²) in [5, 5.41) is 23.3. The van der Waals surface area contributed by atoms with Gasteiger partial charge in [-0.05, 0) is 89.9 Å². The van der Waals surface area contributed by atoms with E-state index in [0.29, 0.717) is 19.4 Å². The number of carbonyl (C=O) groups excluding carboxylic acids is 2. The normalized spacial score (nSPS) is 12.8. The van der Waals surface area contributed by atoms with Crippen molar-refractivity contribution in [2.75, 3.05) is 13.2 Å². The summed E-state index contributed by atoms with van der Waals surface area (Å²) in [6.45, 7) is 4.91. The van der Waals surface area contributed by atoms with Gasteiger partial charge in [0.2, 0.25) is 5.91 Å². The van der Waals surface area contributed by atoms with Gasteiger partial charge in [0, 0.05) is 12.8 Å². The van der Waals surface area contributed by atoms with Crippen LogP contribution in [-0.4, -0.2) is 47.4 Å². The van der Waals surface area contributed by atoms with Gasteiger partial charge < -0.3 is 20.3 Å². The second-order valence-corrected chi connectivity index (χ2v) is 25.6. The van der Waals surface area contributed by atoms with Crippen molar-refractivity contribution in [2.24, 2.45) is 0 Å². The lowest BCUT2D eigenvalue weighted by Gasteiger charge is -2.20. The van der Waals surface area contributed by atoms with Crippen molar-refractivity contribution < 1.29 is 24.5 Å². The molecule has 0 aromatic heterocycles. The quantitative estimate of drug-likeness (QED) is 0.0320. The molecule has 3 N–H and O–H groups in total. The standard InChI is InChI=1S/C77H145NO5/c1-3-5-7-9-11-13-15-17-19-21-22-31-34-38-41-45-49-53-57-61-65-69-75(80)74(73-79)78-76(81)70-66-62-58-54-50-46-42-39-35-32-29-27-25-23-24-26-28-30-33-36-40-44-48-52-56-60-64-68-72-83-77(82)71-67-63-59-55-51-47-43-37-20-18-16-14-12-10-8-6-4-2/h12,14,18,20,23-24,65,69,74-75,79-80H,3-11,13,15-17,19,21-22,25-64,66-68,70-73H2,1-2H3,(H,78,81)/b14-12-,20-18-,24-23-,69-65+. The molecule has 83 heavy (non-hydrogen) atoms. The van der Waals surface area contributed by atoms with E-state index in [-0.39, 0.29) is 18.5 Å². The minimum absolute atomic E-state index is 0.00806. The van der Waals surface area contributed by atoms with Crippen molar-refractivity contribution in [2.45, 2.75) is 418 Å². The van der Waals surface area contributed by atoms with Crippen LogP contribution >= 0.6 is 0 Å². The highest BCUT2D eigenvalue weighted by Gasteiger charge is 2.18. The van der Waals surface area contributed by atoms with Crippen molar-refractivity contribution in [3.8, 4) is 0 Å². The fraction of sp³-hybridized carbons (Fsp3) is 0.870. The first kappa shape index (κ1) is 80.8. The maximum atomic E-state index is 12.5. The summed E-state index contributed by atoms with van der Waals surface area (Å²) in [5.41, 5.74) is 0. The zero-order valence-electron chi connectivity index (χ0n) is 55.9. The summed E-state index contributed by atoms with van der Waals surface area (Å²) in [6, 6.07) is -0.630. The van der Waals surface area contributed by atoms with Gasteiger partial charge in [0.25, 0.3) is 0 Å². The molecule has 0 saturated heterocycles. The van der Waals surface area contributed by atoms with E-state index in [2.05, 4.69) is 55.6 Å². The second kappa shape index (κ2) is 72.3. The largest absolute Gasteiger partial charge is 0.466 e. The predicted molar refractivity (Wildman–Crippen MR) is 366 cm³/mol. The summed E-state index contributed by atoms with van der Waals surface area (Å²) in [6.07, 6.45) is 94.9. The topological polar surface area (TPSA) is 95.9 Å². The lowest BCUT2D eigenvalue weighted by molar-refractivity contribution is -0.143. The van der Waals surface area contributed by atoms with Crippen molar-refractivity contribution in [3.05, 3.63) is 48.6 Å². The molecule has 2 unspecified atom stereocenters. The average molecular weight is 1170 g/mol. The third kappa shape index (κ3) is 68.8. The Balaban J connectivity index is 3.40. The Labute approximate surface area is 518 Å². The van der Waals surface area contributed by atoms with Gasteiger partial charge in [-0.2, -0.15) is 0 Å². The lowest BCUT2D eigenvalue weighted by atomic mass is 10.0. The van der Waals surface area contributed by atoms with E-state index in [1.807, 2.05) is 6.08 Å². The molecule has 0 bridgehead atoms. The molecule has 0 aliphatic carbocycles. The zero-order chi connectivity index (χ0) is 59.9. The van der Waals surface area contributed by atoms with E-state index in [1.165, 1.54) is 327 Å². The molecule has 6 heteroatoms. The molecule has 0 aromatic carbocycles. The Bertz CT molecular complexity index is 1390. The first-order valence-corrected chi connectivity index (χ1v) is 37.4. The fourth-order valence-corrected chi connectivity index (χ4v) is 11.6. The van der Waals surface area contributed by atoms with E-state index < -0.39 is 12.1 Å². The number of ether oxygens (including phenoxy) is 1. The summed E-state index contributed by atoms with van der Waals surface area (Å²) in [4.78, 5) is 24.6. The van der Waals surface area contributed by atoms with Crippen LogP contribution in [-0.2, 0) is 14.3 Å². The van der Waals surface area contributed by atoms with E-state index in [4.69, 9.17) is 4.74 Å². The number of nitrogens with one attached hydrogen (secondary N) is 1. The lowest BCUT2D eigenvalue weighted by Crippen LogP contribution is -2.45. The second-order valence-electron chi connectivity index (χ2n) is 25.6. The molecular formula is C77H145NO5. The maximum absolute atomic E-state index is 12.5. The first-order chi connectivity index (χ1) is 41.0. The summed E-state index contributed by atoms with van der Waals surface area (Å²) >= 11 is 0. The van der Waals surface area contributed by atoms with Gasteiger partial charge in [0.1, 0.15) is 0 Å². The molecule has 0 fully saturated rings. The van der Waals surface area contributed by atoms with Crippen molar-refractivity contribution in [1.82, 2.24) is 5.32 Å². The Morgan fingerprint density at radius 1 is 0.337 bits per heavy atom. The SMILES string of the molecule is CCCCC/C=C\C/C=C\CCCCCCCCCC(=O)OCCCCCCCCCCCCCC/C=C\CCCCCCCCCCCCCCC(=O)NC(CO)C(O)/C=C/CCCCCCCCCCCCCCCCCCCCC. The van der Waals surface area contributed by atoms with Crippen LogP contribution in [0.2, 0.25) is 0 Å². The molecule has 2 atom stereocenters. The van der Waals surface area contributed by atoms with Gasteiger partial charge in [0.15, 0.2) is 0 Å². The number of esters is 1. The zero-order valence-corrected chi connectivity index (χ0v) is 55.9. The van der Waals surface area contributed by atoms with Gasteiger partial charge in [-0.3, -0.25) is 9.59 Å². The Hall–Kier alpha value is -2.18. The Morgan fingerprint density at radius 2 is 0.602 bits per heavy atom. The highest BCUT2D eigenvalue weighted by atomic mass is 16.5. The smallest absolute Gasteiger partial charge is 0.305 e. The summed E-state index contributed by atoms with van der Waals surface area (Å²) in [7, 11) is 0. The first-order valence-electron chi connectivity index (χ1n) is 37.4. The third-order valence-corrected chi connectivity index (χ3v) is 17.3. The molecule has 0 saturated carbocycles. The molecule has 0 radical (unpaired) electrons. The van der Waals surface area contributed by atoms with Gasteiger partial charge in [0.05, 0.1) is 25.4 Å². The molecular weight excluding hydrogens is 1020 g/mol. The number of unbranched alkanes of at least 4 members (excludes halogenated alkanes) is 53. The van der Waals surface area contributed by atoms with E-state index in [1.54, 1.807) is 6.08 Å². The number of amides is 1. The molecule has 0 spiro atoms. The maximum Gasteiger partial charge on any atom is 0.305 e. The monoisotopic (exact) mass is 1160 g/mol. The van der Waals surface area contributed by atoms with Crippen LogP contribution in [0.5, 0.6) is 0 Å². The van der Waals surface area contributed by atoms with Crippen molar-refractivity contribution in [3.63, 3.8) is 0 Å². The number of rotatable bonds is 70. The predicted octanol–water partition coefficient (Wildman–Crippen LogP) is 24.4. The highest BCUT2D eigenvalue weighted by molar-refractivity contribution is 5.76. The number of carbonyl (C=O) groups is 2. The molecule has 0 aliphatic heterocycles. The van der Waals surface area contributed by atoms with Gasteiger partial charge in [-0.15, -0.1) is 0 Å². The number of aliphatic hydroxyl groups is 2. The molecule has 0 aliphatic rings. The molecule has 6 nitrogen and oxygen atoms in total. The Morgan fingerprint density at radius 3 is 0.952 bits per heavy atom. The van der Waals surface area contributed by atoms with E-state index >= 15 is 0 Å². The van der Waals surface area contributed by atoms with Crippen molar-refractivity contribution >= 4 is 11.9 Å². The Kier molecular flexibility index (Phi) is 70.4. The van der Waals surface area contributed by atoms with E-state index in [9.17, 15) is 19.8 Å². The minimum Gasteiger partial charge on any atom is -0.466 e. The highest BCUT2D eigenvalue weighted by Crippen LogP contribution is 2.19. The molecule has 0 rings (SSSR count). The third-order valence-electron chi connectivity index (χ3n) is 17.3. The van der Waals surface area contributed by atoms with Crippen LogP contribution in [0, 0.1) is 0 Å². The number of hydrogen-bond donors (Lipinski definition) is 3. The fourth-order valence-electron chi connectivity index (χ4n) is 11.6. The van der Waals surface area contributed by atoms with E-state index in [0.717, 1.165) is 51.4 Å². The molecule has 488 valence electrons. The van der Waals surface area contributed by atoms with Crippen LogP contribution in [0.25, 0.3) is 0 Å². The van der Waals surface area contributed by atoms with Crippen LogP contribution in [0.4, 0.5) is 0 Å². The summed E-state index contributed by atoms with van der Waals surface area (Å²) in [5.74, 6) is -0.0563. The van der Waals surface area contributed by atoms with Gasteiger partial charge >= 0.3 is 5.97 Å². The molecule has 0 aromatic rings. The van der Waals surface area contributed by atoms with Gasteiger partial charge in [-0.1, -0.05) is 351 Å². The van der Waals surface area contributed by atoms with Crippen LogP contribution in [0.1, 0.15) is 406 Å². The number of aliphatic hydroxyl groups excluding tert-OH is 2.